The first-order chi connectivity index (χ1) is 17.6. The highest BCUT2D eigenvalue weighted by atomic mass is 16.2. The molecule has 2 aromatic rings. The number of rotatable bonds is 4. The highest BCUT2D eigenvalue weighted by Gasteiger charge is 2.54. The van der Waals surface area contributed by atoms with Gasteiger partial charge in [0, 0.05) is 36.8 Å². The molecular formula is C32H42N4O. The van der Waals surface area contributed by atoms with Crippen molar-refractivity contribution in [3.63, 3.8) is 0 Å². The molecule has 0 radical (unpaired) electrons. The summed E-state index contributed by atoms with van der Waals surface area (Å²) in [6.07, 6.45) is 3.67. The minimum Gasteiger partial charge on any atom is -0.334 e. The van der Waals surface area contributed by atoms with Crippen molar-refractivity contribution in [3.8, 4) is 0 Å². The molecule has 0 bridgehead atoms. The third-order valence-electron chi connectivity index (χ3n) is 9.27. The molecule has 2 heterocycles. The molecule has 0 aromatic heterocycles. The number of hydrogen-bond donors (Lipinski definition) is 2. The maximum absolute atomic E-state index is 12.6. The van der Waals surface area contributed by atoms with Crippen LogP contribution in [0.15, 0.2) is 85.0 Å². The number of benzene rings is 2. The summed E-state index contributed by atoms with van der Waals surface area (Å²) >= 11 is 0. The SMILES string of the molecule is C=C1C[C@@H]2C(=O)N([C@H](C)c3ccccc3)C[C@]2(N)C1.C=C1C[C@@H]2CN([C@H](C)c3ccccc3)C[C@]2(N)C1. The molecule has 0 spiro atoms. The monoisotopic (exact) mass is 498 g/mol. The summed E-state index contributed by atoms with van der Waals surface area (Å²) < 4.78 is 0. The Hall–Kier alpha value is -2.73. The van der Waals surface area contributed by atoms with Crippen LogP contribution in [0.5, 0.6) is 0 Å². The van der Waals surface area contributed by atoms with Crippen molar-refractivity contribution in [3.05, 3.63) is 96.1 Å². The molecule has 4 fully saturated rings. The maximum atomic E-state index is 12.6. The van der Waals surface area contributed by atoms with E-state index in [1.165, 1.54) is 16.7 Å². The Balaban J connectivity index is 0.000000152. The van der Waals surface area contributed by atoms with Gasteiger partial charge in [0.05, 0.1) is 12.0 Å². The second-order valence-electron chi connectivity index (χ2n) is 12.0. The average Bonchev–Trinajstić information content (AvgIpc) is 3.53. The Morgan fingerprint density at radius 1 is 0.811 bits per heavy atom. The second-order valence-corrected chi connectivity index (χ2v) is 12.0. The Morgan fingerprint density at radius 2 is 1.35 bits per heavy atom. The first-order valence-electron chi connectivity index (χ1n) is 13.6. The van der Waals surface area contributed by atoms with E-state index >= 15 is 0 Å². The van der Waals surface area contributed by atoms with Gasteiger partial charge in [-0.2, -0.15) is 0 Å². The summed E-state index contributed by atoms with van der Waals surface area (Å²) in [4.78, 5) is 17.0. The minimum atomic E-state index is -0.392. The number of nitrogens with zero attached hydrogens (tertiary/aromatic N) is 2. The highest BCUT2D eigenvalue weighted by molar-refractivity contribution is 5.85. The van der Waals surface area contributed by atoms with E-state index in [0.717, 1.165) is 44.3 Å². The van der Waals surface area contributed by atoms with E-state index in [9.17, 15) is 4.79 Å². The van der Waals surface area contributed by atoms with Crippen LogP contribution in [0.4, 0.5) is 0 Å². The van der Waals surface area contributed by atoms with E-state index in [1.807, 2.05) is 23.1 Å². The topological polar surface area (TPSA) is 75.6 Å². The molecule has 1 amide bonds. The van der Waals surface area contributed by atoms with Gasteiger partial charge in [0.25, 0.3) is 0 Å². The Kier molecular flexibility index (Phi) is 6.90. The fraction of sp³-hybridized carbons (Fsp3) is 0.469. The maximum Gasteiger partial charge on any atom is 0.228 e. The molecule has 2 saturated carbocycles. The van der Waals surface area contributed by atoms with Gasteiger partial charge >= 0.3 is 0 Å². The first kappa shape index (κ1) is 25.9. The first-order valence-corrected chi connectivity index (χ1v) is 13.6. The molecule has 2 aromatic carbocycles. The zero-order chi connectivity index (χ0) is 26.4. The van der Waals surface area contributed by atoms with E-state index in [0.29, 0.717) is 18.5 Å². The molecule has 196 valence electrons. The normalized spacial score (nSPS) is 32.6. The molecule has 5 nitrogen and oxygen atoms in total. The Bertz CT molecular complexity index is 1160. The summed E-state index contributed by atoms with van der Waals surface area (Å²) in [5, 5.41) is 0. The molecule has 4 aliphatic rings. The summed E-state index contributed by atoms with van der Waals surface area (Å²) in [5.74, 6) is 0.736. The van der Waals surface area contributed by atoms with Crippen molar-refractivity contribution in [1.82, 2.24) is 9.80 Å². The lowest BCUT2D eigenvalue weighted by atomic mass is 9.92. The van der Waals surface area contributed by atoms with Gasteiger partial charge in [-0.3, -0.25) is 9.69 Å². The molecule has 6 rings (SSSR count). The summed E-state index contributed by atoms with van der Waals surface area (Å²) in [6.45, 7) is 15.2. The van der Waals surface area contributed by atoms with Crippen LogP contribution in [0.1, 0.15) is 62.7 Å². The quantitative estimate of drug-likeness (QED) is 0.583. The zero-order valence-electron chi connectivity index (χ0n) is 22.4. The van der Waals surface area contributed by atoms with E-state index in [-0.39, 0.29) is 23.4 Å². The van der Waals surface area contributed by atoms with E-state index in [1.54, 1.807) is 0 Å². The van der Waals surface area contributed by atoms with Crippen molar-refractivity contribution in [2.75, 3.05) is 19.6 Å². The molecule has 0 unspecified atom stereocenters. The van der Waals surface area contributed by atoms with Gasteiger partial charge in [0.2, 0.25) is 5.91 Å². The van der Waals surface area contributed by atoms with Crippen LogP contribution in [0, 0.1) is 11.8 Å². The predicted molar refractivity (Wildman–Crippen MR) is 151 cm³/mol. The van der Waals surface area contributed by atoms with Crippen molar-refractivity contribution in [2.45, 2.75) is 62.7 Å². The van der Waals surface area contributed by atoms with Crippen molar-refractivity contribution in [1.29, 1.82) is 0 Å². The van der Waals surface area contributed by atoms with Crippen LogP contribution < -0.4 is 11.5 Å². The molecule has 6 atom stereocenters. The van der Waals surface area contributed by atoms with Crippen molar-refractivity contribution < 1.29 is 4.79 Å². The fourth-order valence-corrected chi connectivity index (χ4v) is 7.11. The van der Waals surface area contributed by atoms with Gasteiger partial charge in [-0.15, -0.1) is 0 Å². The lowest BCUT2D eigenvalue weighted by Crippen LogP contribution is -2.44. The van der Waals surface area contributed by atoms with Gasteiger partial charge in [0.1, 0.15) is 0 Å². The summed E-state index contributed by atoms with van der Waals surface area (Å²) in [7, 11) is 0. The number of hydrogen-bond acceptors (Lipinski definition) is 4. The molecule has 2 aliphatic carbocycles. The third kappa shape index (κ3) is 4.93. The third-order valence-corrected chi connectivity index (χ3v) is 9.27. The molecule has 2 aliphatic heterocycles. The second kappa shape index (κ2) is 9.86. The number of fused-ring (bicyclic) bond motifs is 2. The van der Waals surface area contributed by atoms with Gasteiger partial charge in [-0.25, -0.2) is 0 Å². The number of amides is 1. The standard InChI is InChI=1S/C16H20N2O.C16H22N2/c1-11-8-14-15(19)18(10-16(14,17)9-11)12(2)13-6-4-3-5-7-13;1-12-8-15-10-18(11-16(15,17)9-12)13(2)14-6-4-3-5-7-14/h3-7,12,14H,1,8-10,17H2,2H3;3-7,13,15H,1,8-11,17H2,2H3/t12-,14-,16-;13-,15-,16-/m11/s1. The molecular weight excluding hydrogens is 456 g/mol. The average molecular weight is 499 g/mol. The van der Waals surface area contributed by atoms with Gasteiger partial charge < -0.3 is 16.4 Å². The number of carbonyl (C=O) groups is 1. The summed E-state index contributed by atoms with van der Waals surface area (Å²) in [6, 6.07) is 21.4. The van der Waals surface area contributed by atoms with Crippen LogP contribution in [0.2, 0.25) is 0 Å². The lowest BCUT2D eigenvalue weighted by Gasteiger charge is -2.27. The molecule has 2 saturated heterocycles. The Labute approximate surface area is 222 Å². The Morgan fingerprint density at radius 3 is 1.92 bits per heavy atom. The molecule has 37 heavy (non-hydrogen) atoms. The fourth-order valence-electron chi connectivity index (χ4n) is 7.11. The molecule has 4 N–H and O–H groups in total. The van der Waals surface area contributed by atoms with Crippen LogP contribution in [0.3, 0.4) is 0 Å². The largest absolute Gasteiger partial charge is 0.334 e. The highest BCUT2D eigenvalue weighted by Crippen LogP contribution is 2.46. The van der Waals surface area contributed by atoms with Gasteiger partial charge in [-0.1, -0.05) is 85.0 Å². The predicted octanol–water partition coefficient (Wildman–Crippen LogP) is 4.98. The molecule has 5 heteroatoms. The smallest absolute Gasteiger partial charge is 0.228 e. The van der Waals surface area contributed by atoms with Gasteiger partial charge in [0.15, 0.2) is 0 Å². The number of nitrogens with two attached hydrogens (primary N) is 2. The number of carbonyl (C=O) groups excluding carboxylic acids is 1. The van der Waals surface area contributed by atoms with Crippen LogP contribution in [0.25, 0.3) is 0 Å². The number of likely N-dealkylation sites (tertiary alicyclic amines) is 2. The zero-order valence-corrected chi connectivity index (χ0v) is 22.4. The van der Waals surface area contributed by atoms with E-state index in [4.69, 9.17) is 11.5 Å². The van der Waals surface area contributed by atoms with Crippen LogP contribution in [-0.2, 0) is 4.79 Å². The van der Waals surface area contributed by atoms with Crippen molar-refractivity contribution in [2.24, 2.45) is 23.3 Å². The lowest BCUT2D eigenvalue weighted by molar-refractivity contribution is -0.132. The minimum absolute atomic E-state index is 0.0138. The summed E-state index contributed by atoms with van der Waals surface area (Å²) in [5.41, 5.74) is 17.6. The van der Waals surface area contributed by atoms with E-state index < -0.39 is 5.54 Å². The van der Waals surface area contributed by atoms with Crippen LogP contribution >= 0.6 is 0 Å². The van der Waals surface area contributed by atoms with Gasteiger partial charge in [-0.05, 0) is 56.6 Å². The van der Waals surface area contributed by atoms with Crippen molar-refractivity contribution >= 4 is 5.91 Å². The van der Waals surface area contributed by atoms with E-state index in [2.05, 4.69) is 74.4 Å². The van der Waals surface area contributed by atoms with Crippen LogP contribution in [-0.4, -0.2) is 46.4 Å².